The van der Waals surface area contributed by atoms with Gasteiger partial charge in [0.15, 0.2) is 9.52 Å². The zero-order valence-corrected chi connectivity index (χ0v) is 9.27. The Balaban J connectivity index is 2.17. The van der Waals surface area contributed by atoms with Gasteiger partial charge in [-0.1, -0.05) is 41.6 Å². The number of hydrogen-bond donors (Lipinski definition) is 1. The summed E-state index contributed by atoms with van der Waals surface area (Å²) in [5.41, 5.74) is 0.993. The first-order valence-electron chi connectivity index (χ1n) is 4.73. The summed E-state index contributed by atoms with van der Waals surface area (Å²) in [5.74, 6) is 0. The first kappa shape index (κ1) is 9.86. The van der Waals surface area contributed by atoms with Crippen molar-refractivity contribution in [3.05, 3.63) is 48.7 Å². The summed E-state index contributed by atoms with van der Waals surface area (Å²) in [6.45, 7) is 3.71. The van der Waals surface area contributed by atoms with Gasteiger partial charge in [0.1, 0.15) is 0 Å². The second kappa shape index (κ2) is 4.70. The van der Waals surface area contributed by atoms with E-state index in [1.807, 2.05) is 24.3 Å². The largest absolute Gasteiger partial charge is 0.198 e. The Hall–Kier alpha value is -1.68. The van der Waals surface area contributed by atoms with E-state index >= 15 is 0 Å². The lowest BCUT2D eigenvalue weighted by Crippen LogP contribution is -2.30. The molecule has 1 N–H and O–H groups in total. The highest BCUT2D eigenvalue weighted by Crippen LogP contribution is 1.89. The first-order chi connectivity index (χ1) is 7.40. The van der Waals surface area contributed by atoms with Crippen molar-refractivity contribution < 1.29 is 0 Å². The molecule has 4 heteroatoms. The van der Waals surface area contributed by atoms with Crippen LogP contribution >= 0.6 is 0 Å². The maximum absolute atomic E-state index is 4.16. The molecule has 1 aromatic heterocycles. The number of rotatable bonds is 4. The average molecular weight is 213 g/mol. The third kappa shape index (κ3) is 2.41. The maximum atomic E-state index is 4.16. The number of aromatic amines is 1. The number of H-pyrrole nitrogens is 1. The van der Waals surface area contributed by atoms with E-state index in [1.165, 1.54) is 5.19 Å². The molecule has 0 aliphatic rings. The molecule has 0 saturated carbocycles. The summed E-state index contributed by atoms with van der Waals surface area (Å²) in [6.07, 6.45) is 2.61. The molecule has 74 valence electrons. The fraction of sp³-hybridized carbons (Fsp3) is 0.0909. The van der Waals surface area contributed by atoms with Crippen LogP contribution in [0.5, 0.6) is 0 Å². The van der Waals surface area contributed by atoms with Crippen molar-refractivity contribution in [3.63, 3.8) is 0 Å². The Labute approximate surface area is 91.1 Å². The molecular weight excluding hydrogens is 202 g/mol. The number of aromatic nitrogens is 3. The predicted molar refractivity (Wildman–Crippen MR) is 61.7 cm³/mol. The molecule has 1 heterocycles. The molecule has 0 bridgehead atoms. The normalized spacial score (nSPS) is 10.1. The first-order valence-corrected chi connectivity index (χ1v) is 5.73. The van der Waals surface area contributed by atoms with Crippen molar-refractivity contribution >= 4 is 20.0 Å². The summed E-state index contributed by atoms with van der Waals surface area (Å²) in [6, 6.07) is 10.3. The number of hydrogen-bond acceptors (Lipinski definition) is 2. The van der Waals surface area contributed by atoms with E-state index in [9.17, 15) is 0 Å². The van der Waals surface area contributed by atoms with E-state index in [4.69, 9.17) is 0 Å². The molecule has 0 aliphatic carbocycles. The summed E-state index contributed by atoms with van der Waals surface area (Å²) in [5, 5.41) is 13.2. The van der Waals surface area contributed by atoms with Crippen LogP contribution in [-0.2, 0) is 6.42 Å². The molecule has 15 heavy (non-hydrogen) atoms. The van der Waals surface area contributed by atoms with E-state index in [0.717, 1.165) is 17.4 Å². The Morgan fingerprint density at radius 3 is 2.80 bits per heavy atom. The Morgan fingerprint density at radius 2 is 2.07 bits per heavy atom. The van der Waals surface area contributed by atoms with E-state index in [1.54, 1.807) is 0 Å². The second-order valence-electron chi connectivity index (χ2n) is 3.10. The minimum atomic E-state index is 0.557. The number of nitrogens with zero attached hydrogens (tertiary/aromatic N) is 2. The van der Waals surface area contributed by atoms with Crippen molar-refractivity contribution in [2.75, 3.05) is 0 Å². The molecule has 0 saturated heterocycles. The molecule has 0 aliphatic heterocycles. The summed E-state index contributed by atoms with van der Waals surface area (Å²) < 4.78 is 0. The van der Waals surface area contributed by atoms with Gasteiger partial charge in [-0.2, -0.15) is 15.4 Å². The zero-order chi connectivity index (χ0) is 10.5. The summed E-state index contributed by atoms with van der Waals surface area (Å²) in [7, 11) is 0.557. The molecule has 1 aromatic carbocycles. The fourth-order valence-electron chi connectivity index (χ4n) is 1.29. The molecule has 2 radical (unpaired) electrons. The van der Waals surface area contributed by atoms with Gasteiger partial charge in [0.25, 0.3) is 0 Å². The highest BCUT2D eigenvalue weighted by atomic mass is 28.2. The molecule has 2 aromatic rings. The lowest BCUT2D eigenvalue weighted by atomic mass is 10.3. The average Bonchev–Trinajstić information content (AvgIpc) is 2.68. The van der Waals surface area contributed by atoms with Crippen LogP contribution in [-0.4, -0.2) is 24.9 Å². The molecule has 0 unspecified atom stereocenters. The van der Waals surface area contributed by atoms with Gasteiger partial charge in [-0.05, 0) is 0 Å². The van der Waals surface area contributed by atoms with Crippen molar-refractivity contribution in [3.8, 4) is 0 Å². The third-order valence-corrected chi connectivity index (χ3v) is 3.25. The van der Waals surface area contributed by atoms with E-state index < -0.39 is 0 Å². The van der Waals surface area contributed by atoms with Gasteiger partial charge in [-0.25, -0.2) is 0 Å². The van der Waals surface area contributed by atoms with Gasteiger partial charge < -0.3 is 0 Å². The highest BCUT2D eigenvalue weighted by Gasteiger charge is 2.07. The fourth-order valence-corrected chi connectivity index (χ4v) is 2.33. The molecular formula is C11H11N3Si. The van der Waals surface area contributed by atoms with Crippen LogP contribution in [0.1, 0.15) is 5.69 Å². The van der Waals surface area contributed by atoms with Crippen molar-refractivity contribution in [1.82, 2.24) is 15.4 Å². The monoisotopic (exact) mass is 213 g/mol. The number of benzene rings is 1. The quantitative estimate of drug-likeness (QED) is 0.582. The smallest absolute Gasteiger partial charge is 0.152 e. The van der Waals surface area contributed by atoms with Crippen molar-refractivity contribution in [2.45, 2.75) is 6.42 Å². The maximum Gasteiger partial charge on any atom is 0.152 e. The van der Waals surface area contributed by atoms with Crippen LogP contribution in [0.4, 0.5) is 0 Å². The van der Waals surface area contributed by atoms with Crippen LogP contribution in [0, 0.1) is 0 Å². The van der Waals surface area contributed by atoms with Crippen LogP contribution in [0.2, 0.25) is 0 Å². The van der Waals surface area contributed by atoms with Gasteiger partial charge in [0, 0.05) is 6.42 Å². The Morgan fingerprint density at radius 1 is 1.27 bits per heavy atom. The van der Waals surface area contributed by atoms with Crippen molar-refractivity contribution in [1.29, 1.82) is 0 Å². The van der Waals surface area contributed by atoms with Gasteiger partial charge in [0.2, 0.25) is 0 Å². The second-order valence-corrected chi connectivity index (χ2v) is 4.40. The number of nitrogens with one attached hydrogen (secondary N) is 1. The van der Waals surface area contributed by atoms with E-state index in [2.05, 4.69) is 34.1 Å². The predicted octanol–water partition coefficient (Wildman–Crippen LogP) is 0.188. The van der Waals surface area contributed by atoms with E-state index in [0.29, 0.717) is 9.52 Å². The van der Waals surface area contributed by atoms with Gasteiger partial charge in [-0.15, -0.1) is 6.58 Å². The summed E-state index contributed by atoms with van der Waals surface area (Å²) in [4.78, 5) is 0. The molecule has 0 atom stereocenters. The molecule has 2 rings (SSSR count). The zero-order valence-electron chi connectivity index (χ0n) is 8.27. The molecule has 0 fully saturated rings. The standard InChI is InChI=1S/C11H11N3Si/c1-2-6-10-11(13-14-12-10)15-9-7-4-3-5-8-9/h2-5,7-8H,1,6H2,(H,12,13,14). The highest BCUT2D eigenvalue weighted by molar-refractivity contribution is 6.66. The topological polar surface area (TPSA) is 41.6 Å². The van der Waals surface area contributed by atoms with Gasteiger partial charge >= 0.3 is 0 Å². The molecule has 3 nitrogen and oxygen atoms in total. The molecule has 0 amide bonds. The SMILES string of the molecule is C=CCc1n[nH]nc1[Si]c1ccccc1. The van der Waals surface area contributed by atoms with E-state index in [-0.39, 0.29) is 0 Å². The van der Waals surface area contributed by atoms with Crippen LogP contribution in [0.25, 0.3) is 0 Å². The van der Waals surface area contributed by atoms with Crippen LogP contribution < -0.4 is 10.5 Å². The molecule has 0 spiro atoms. The summed E-state index contributed by atoms with van der Waals surface area (Å²) >= 11 is 0. The minimum absolute atomic E-state index is 0.557. The Bertz CT molecular complexity index is 436. The Kier molecular flexibility index (Phi) is 3.09. The van der Waals surface area contributed by atoms with Crippen LogP contribution in [0.3, 0.4) is 0 Å². The third-order valence-electron chi connectivity index (χ3n) is 1.99. The lowest BCUT2D eigenvalue weighted by molar-refractivity contribution is 0.921. The lowest BCUT2D eigenvalue weighted by Gasteiger charge is -1.97. The van der Waals surface area contributed by atoms with Crippen molar-refractivity contribution in [2.24, 2.45) is 0 Å². The number of allylic oxidation sites excluding steroid dienone is 1. The van der Waals surface area contributed by atoms with Gasteiger partial charge in [-0.3, -0.25) is 0 Å². The van der Waals surface area contributed by atoms with Gasteiger partial charge in [0.05, 0.1) is 11.0 Å². The van der Waals surface area contributed by atoms with Crippen LogP contribution in [0.15, 0.2) is 43.0 Å². The minimum Gasteiger partial charge on any atom is -0.198 e.